The zero-order valence-electron chi connectivity index (χ0n) is 12.5. The molecule has 2 aliphatic rings. The van der Waals surface area contributed by atoms with Crippen molar-refractivity contribution in [3.8, 4) is 0 Å². The van der Waals surface area contributed by atoms with Crippen LogP contribution in [0.5, 0.6) is 0 Å². The van der Waals surface area contributed by atoms with Crippen molar-refractivity contribution in [1.29, 1.82) is 0 Å². The van der Waals surface area contributed by atoms with Crippen LogP contribution in [0.1, 0.15) is 65.2 Å². The minimum Gasteiger partial charge on any atom is -0.330 e. The predicted octanol–water partition coefficient (Wildman–Crippen LogP) is 3.41. The molecular weight excluding hydrogens is 220 g/mol. The maximum Gasteiger partial charge on any atom is 0.00966 e. The van der Waals surface area contributed by atoms with E-state index in [1.165, 1.54) is 64.5 Å². The molecule has 2 N–H and O–H groups in total. The van der Waals surface area contributed by atoms with E-state index in [2.05, 4.69) is 18.7 Å². The second-order valence-electron chi connectivity index (χ2n) is 6.94. The third kappa shape index (κ3) is 3.71. The predicted molar refractivity (Wildman–Crippen MR) is 78.6 cm³/mol. The molecule has 2 heteroatoms. The van der Waals surface area contributed by atoms with Crippen LogP contribution in [0.4, 0.5) is 0 Å². The average molecular weight is 252 g/mol. The summed E-state index contributed by atoms with van der Waals surface area (Å²) in [6.45, 7) is 8.18. The highest BCUT2D eigenvalue weighted by Gasteiger charge is 2.38. The first-order valence-electron chi connectivity index (χ1n) is 8.13. The minimum atomic E-state index is 0.447. The Bertz CT molecular complexity index is 239. The lowest BCUT2D eigenvalue weighted by atomic mass is 9.70. The summed E-state index contributed by atoms with van der Waals surface area (Å²) >= 11 is 0. The van der Waals surface area contributed by atoms with Gasteiger partial charge in [0.1, 0.15) is 0 Å². The van der Waals surface area contributed by atoms with Crippen molar-refractivity contribution >= 4 is 0 Å². The van der Waals surface area contributed by atoms with Crippen LogP contribution in [0.15, 0.2) is 0 Å². The quantitative estimate of drug-likeness (QED) is 0.752. The topological polar surface area (TPSA) is 29.3 Å². The van der Waals surface area contributed by atoms with E-state index in [0.29, 0.717) is 5.41 Å². The highest BCUT2D eigenvalue weighted by molar-refractivity contribution is 4.93. The standard InChI is InChI=1S/C16H32N2/c1-3-4-11-18(15-5-6-15)13-16(12-17)9-7-14(2)8-10-16/h14-15H,3-13,17H2,1-2H3. The molecule has 0 aromatic carbocycles. The Morgan fingerprint density at radius 1 is 1.17 bits per heavy atom. The van der Waals surface area contributed by atoms with Crippen LogP contribution in [0.25, 0.3) is 0 Å². The molecule has 0 saturated heterocycles. The lowest BCUT2D eigenvalue weighted by molar-refractivity contribution is 0.0893. The van der Waals surface area contributed by atoms with E-state index in [-0.39, 0.29) is 0 Å². The summed E-state index contributed by atoms with van der Waals surface area (Å²) in [5.74, 6) is 0.926. The van der Waals surface area contributed by atoms with Gasteiger partial charge in [0.15, 0.2) is 0 Å². The van der Waals surface area contributed by atoms with Crippen LogP contribution in [0.3, 0.4) is 0 Å². The Hall–Kier alpha value is -0.0800. The smallest absolute Gasteiger partial charge is 0.00966 e. The minimum absolute atomic E-state index is 0.447. The summed E-state index contributed by atoms with van der Waals surface area (Å²) in [6, 6.07) is 0.902. The molecule has 0 spiro atoms. The molecule has 0 amide bonds. The summed E-state index contributed by atoms with van der Waals surface area (Å²) < 4.78 is 0. The molecule has 0 bridgehead atoms. The van der Waals surface area contributed by atoms with Crippen molar-refractivity contribution < 1.29 is 0 Å². The van der Waals surface area contributed by atoms with E-state index >= 15 is 0 Å². The highest BCUT2D eigenvalue weighted by Crippen LogP contribution is 2.40. The zero-order valence-corrected chi connectivity index (χ0v) is 12.5. The summed E-state index contributed by atoms with van der Waals surface area (Å²) in [5.41, 5.74) is 6.60. The maximum atomic E-state index is 6.15. The fourth-order valence-corrected chi connectivity index (χ4v) is 3.42. The molecule has 2 rings (SSSR count). The molecule has 2 nitrogen and oxygen atoms in total. The lowest BCUT2D eigenvalue weighted by Gasteiger charge is -2.42. The first-order chi connectivity index (χ1) is 8.69. The van der Waals surface area contributed by atoms with Gasteiger partial charge in [0.25, 0.3) is 0 Å². The Labute approximate surface area is 113 Å². The monoisotopic (exact) mass is 252 g/mol. The highest BCUT2D eigenvalue weighted by atomic mass is 15.2. The van der Waals surface area contributed by atoms with Crippen LogP contribution in [-0.2, 0) is 0 Å². The largest absolute Gasteiger partial charge is 0.330 e. The van der Waals surface area contributed by atoms with Crippen molar-refractivity contribution in [3.05, 3.63) is 0 Å². The Morgan fingerprint density at radius 2 is 1.83 bits per heavy atom. The molecule has 2 fully saturated rings. The summed E-state index contributed by atoms with van der Waals surface area (Å²) in [6.07, 6.45) is 11.0. The van der Waals surface area contributed by atoms with Gasteiger partial charge in [-0.05, 0) is 56.5 Å². The Kier molecular flexibility index (Phi) is 5.08. The van der Waals surface area contributed by atoms with E-state index in [4.69, 9.17) is 5.73 Å². The summed E-state index contributed by atoms with van der Waals surface area (Å²) in [4.78, 5) is 2.77. The van der Waals surface area contributed by atoms with Crippen LogP contribution in [-0.4, -0.2) is 30.6 Å². The van der Waals surface area contributed by atoms with Gasteiger partial charge < -0.3 is 5.73 Å². The number of hydrogen-bond acceptors (Lipinski definition) is 2. The molecule has 106 valence electrons. The van der Waals surface area contributed by atoms with E-state index in [1.54, 1.807) is 0 Å². The molecule has 0 heterocycles. The molecule has 0 aromatic heterocycles. The van der Waals surface area contributed by atoms with E-state index in [0.717, 1.165) is 18.5 Å². The van der Waals surface area contributed by atoms with Gasteiger partial charge in [-0.1, -0.05) is 33.1 Å². The molecule has 18 heavy (non-hydrogen) atoms. The molecule has 0 unspecified atom stereocenters. The second-order valence-corrected chi connectivity index (χ2v) is 6.94. The lowest BCUT2D eigenvalue weighted by Crippen LogP contribution is -2.45. The summed E-state index contributed by atoms with van der Waals surface area (Å²) in [5, 5.41) is 0. The number of rotatable bonds is 7. The van der Waals surface area contributed by atoms with Crippen molar-refractivity contribution in [2.45, 2.75) is 71.3 Å². The Balaban J connectivity index is 1.90. The van der Waals surface area contributed by atoms with Crippen molar-refractivity contribution in [2.24, 2.45) is 17.1 Å². The van der Waals surface area contributed by atoms with Gasteiger partial charge in [-0.3, -0.25) is 4.90 Å². The fourth-order valence-electron chi connectivity index (χ4n) is 3.42. The van der Waals surface area contributed by atoms with Gasteiger partial charge in [-0.15, -0.1) is 0 Å². The first kappa shape index (κ1) is 14.3. The van der Waals surface area contributed by atoms with Crippen molar-refractivity contribution in [2.75, 3.05) is 19.6 Å². The molecule has 2 aliphatic carbocycles. The van der Waals surface area contributed by atoms with Gasteiger partial charge in [0.2, 0.25) is 0 Å². The van der Waals surface area contributed by atoms with E-state index in [9.17, 15) is 0 Å². The van der Waals surface area contributed by atoms with Crippen LogP contribution in [0.2, 0.25) is 0 Å². The van der Waals surface area contributed by atoms with Crippen LogP contribution < -0.4 is 5.73 Å². The molecular formula is C16H32N2. The van der Waals surface area contributed by atoms with Crippen LogP contribution in [0, 0.1) is 11.3 Å². The van der Waals surface area contributed by atoms with Gasteiger partial charge >= 0.3 is 0 Å². The van der Waals surface area contributed by atoms with Gasteiger partial charge in [0, 0.05) is 12.6 Å². The van der Waals surface area contributed by atoms with E-state index < -0.39 is 0 Å². The second kappa shape index (κ2) is 6.38. The third-order valence-electron chi connectivity index (χ3n) is 5.17. The van der Waals surface area contributed by atoms with Crippen molar-refractivity contribution in [1.82, 2.24) is 4.90 Å². The van der Waals surface area contributed by atoms with Crippen molar-refractivity contribution in [3.63, 3.8) is 0 Å². The van der Waals surface area contributed by atoms with Gasteiger partial charge in [-0.2, -0.15) is 0 Å². The molecule has 0 aliphatic heterocycles. The van der Waals surface area contributed by atoms with Gasteiger partial charge in [-0.25, -0.2) is 0 Å². The molecule has 0 aromatic rings. The molecule has 0 atom stereocenters. The Morgan fingerprint density at radius 3 is 2.33 bits per heavy atom. The zero-order chi connectivity index (χ0) is 13.0. The van der Waals surface area contributed by atoms with Crippen LogP contribution >= 0.6 is 0 Å². The summed E-state index contributed by atoms with van der Waals surface area (Å²) in [7, 11) is 0. The SMILES string of the molecule is CCCCN(CC1(CN)CCC(C)CC1)C1CC1. The number of hydrogen-bond donors (Lipinski definition) is 1. The maximum absolute atomic E-state index is 6.15. The number of nitrogens with zero attached hydrogens (tertiary/aromatic N) is 1. The molecule has 0 radical (unpaired) electrons. The normalized spacial score (nSPS) is 33.0. The van der Waals surface area contributed by atoms with E-state index in [1.807, 2.05) is 0 Å². The first-order valence-corrected chi connectivity index (χ1v) is 8.13. The average Bonchev–Trinajstić information content (AvgIpc) is 3.22. The fraction of sp³-hybridized carbons (Fsp3) is 1.00. The third-order valence-corrected chi connectivity index (χ3v) is 5.17. The number of unbranched alkanes of at least 4 members (excludes halogenated alkanes) is 1. The van der Waals surface area contributed by atoms with Gasteiger partial charge in [0.05, 0.1) is 0 Å². The molecule has 2 saturated carbocycles. The number of nitrogens with two attached hydrogens (primary N) is 1.